The van der Waals surface area contributed by atoms with Crippen molar-refractivity contribution in [3.05, 3.63) is 0 Å². The predicted octanol–water partition coefficient (Wildman–Crippen LogP) is 2.77. The van der Waals surface area contributed by atoms with Crippen molar-refractivity contribution in [3.8, 4) is 0 Å². The third-order valence-electron chi connectivity index (χ3n) is 5.19. The average Bonchev–Trinajstić information content (AvgIpc) is 2.90. The van der Waals surface area contributed by atoms with Gasteiger partial charge in [-0.15, -0.1) is 0 Å². The van der Waals surface area contributed by atoms with Crippen LogP contribution >= 0.6 is 0 Å². The Morgan fingerprint density at radius 2 is 2.27 bits per heavy atom. The quantitative estimate of drug-likeness (QED) is 0.652. The number of hydrogen-bond acceptors (Lipinski definition) is 2. The predicted molar refractivity (Wildman–Crippen MR) is 57.2 cm³/mol. The van der Waals surface area contributed by atoms with Gasteiger partial charge in [0.2, 0.25) is 0 Å². The summed E-state index contributed by atoms with van der Waals surface area (Å²) in [6.07, 6.45) is 7.59. The van der Waals surface area contributed by atoms with E-state index in [1.807, 2.05) is 6.92 Å². The molecule has 0 aromatic rings. The fourth-order valence-corrected chi connectivity index (χ4v) is 4.76. The lowest BCUT2D eigenvalue weighted by Gasteiger charge is -2.36. The standard InChI is InChI=1S/C13H20O2/c1-2-15-12(14)13-7-3-4-11(13)9-5-6-10(13)8-9/h9-11H,2-8H2,1H3/t9-,10-,11-,13+/m1/s1. The summed E-state index contributed by atoms with van der Waals surface area (Å²) in [5, 5.41) is 0. The molecule has 15 heavy (non-hydrogen) atoms. The van der Waals surface area contributed by atoms with Gasteiger partial charge < -0.3 is 4.74 Å². The molecule has 2 heteroatoms. The van der Waals surface area contributed by atoms with E-state index >= 15 is 0 Å². The zero-order valence-corrected chi connectivity index (χ0v) is 9.50. The van der Waals surface area contributed by atoms with Crippen molar-refractivity contribution >= 4 is 5.97 Å². The monoisotopic (exact) mass is 208 g/mol. The van der Waals surface area contributed by atoms with Crippen LogP contribution in [0.2, 0.25) is 0 Å². The van der Waals surface area contributed by atoms with Gasteiger partial charge >= 0.3 is 5.97 Å². The van der Waals surface area contributed by atoms with Gasteiger partial charge in [-0.1, -0.05) is 6.42 Å². The molecule has 0 aliphatic heterocycles. The van der Waals surface area contributed by atoms with Crippen LogP contribution in [0.3, 0.4) is 0 Å². The molecule has 0 spiro atoms. The van der Waals surface area contributed by atoms with Crippen LogP contribution in [-0.2, 0) is 9.53 Å². The lowest BCUT2D eigenvalue weighted by atomic mass is 9.68. The van der Waals surface area contributed by atoms with E-state index in [9.17, 15) is 4.79 Å². The number of carbonyl (C=O) groups excluding carboxylic acids is 1. The van der Waals surface area contributed by atoms with E-state index in [1.54, 1.807) is 0 Å². The second-order valence-electron chi connectivity index (χ2n) is 5.53. The van der Waals surface area contributed by atoms with Gasteiger partial charge in [-0.2, -0.15) is 0 Å². The van der Waals surface area contributed by atoms with Crippen LogP contribution in [0.5, 0.6) is 0 Å². The van der Waals surface area contributed by atoms with Gasteiger partial charge in [0, 0.05) is 0 Å². The highest BCUT2D eigenvalue weighted by Crippen LogP contribution is 2.66. The zero-order chi connectivity index (χ0) is 10.5. The van der Waals surface area contributed by atoms with Crippen LogP contribution in [0.4, 0.5) is 0 Å². The summed E-state index contributed by atoms with van der Waals surface area (Å²) in [6.45, 7) is 2.47. The summed E-state index contributed by atoms with van der Waals surface area (Å²) < 4.78 is 5.34. The Labute approximate surface area is 91.4 Å². The summed E-state index contributed by atoms with van der Waals surface area (Å²) >= 11 is 0. The van der Waals surface area contributed by atoms with Gasteiger partial charge in [-0.3, -0.25) is 4.79 Å². The maximum Gasteiger partial charge on any atom is 0.312 e. The van der Waals surface area contributed by atoms with Gasteiger partial charge in [-0.05, 0) is 56.8 Å². The Morgan fingerprint density at radius 1 is 1.40 bits per heavy atom. The molecule has 3 fully saturated rings. The normalized spacial score (nSPS) is 46.9. The van der Waals surface area contributed by atoms with Gasteiger partial charge in [0.25, 0.3) is 0 Å². The fraction of sp³-hybridized carbons (Fsp3) is 0.923. The van der Waals surface area contributed by atoms with Crippen LogP contribution in [-0.4, -0.2) is 12.6 Å². The molecule has 0 unspecified atom stereocenters. The molecule has 0 radical (unpaired) electrons. The second-order valence-corrected chi connectivity index (χ2v) is 5.53. The number of carbonyl (C=O) groups is 1. The summed E-state index contributed by atoms with van der Waals surface area (Å²) in [5.41, 5.74) is -0.0288. The van der Waals surface area contributed by atoms with Crippen LogP contribution in [0.1, 0.15) is 45.4 Å². The molecule has 4 atom stereocenters. The maximum absolute atomic E-state index is 12.2. The second kappa shape index (κ2) is 3.23. The zero-order valence-electron chi connectivity index (χ0n) is 9.50. The molecule has 0 heterocycles. The van der Waals surface area contributed by atoms with E-state index in [0.717, 1.165) is 12.3 Å². The molecule has 0 aromatic carbocycles. The molecule has 0 amide bonds. The summed E-state index contributed by atoms with van der Waals surface area (Å²) in [7, 11) is 0. The molecule has 0 saturated heterocycles. The minimum atomic E-state index is -0.0288. The third-order valence-corrected chi connectivity index (χ3v) is 5.19. The Hall–Kier alpha value is -0.530. The van der Waals surface area contributed by atoms with E-state index in [4.69, 9.17) is 4.74 Å². The molecule has 2 bridgehead atoms. The number of ether oxygens (including phenoxy) is 1. The van der Waals surface area contributed by atoms with Crippen molar-refractivity contribution in [3.63, 3.8) is 0 Å². The Kier molecular flexibility index (Phi) is 2.08. The number of esters is 1. The molecule has 0 N–H and O–H groups in total. The highest BCUT2D eigenvalue weighted by Gasteiger charge is 2.64. The minimum Gasteiger partial charge on any atom is -0.466 e. The first-order valence-electron chi connectivity index (χ1n) is 6.46. The van der Waals surface area contributed by atoms with E-state index < -0.39 is 0 Å². The molecular weight excluding hydrogens is 188 g/mol. The van der Waals surface area contributed by atoms with Gasteiger partial charge in [0.1, 0.15) is 0 Å². The van der Waals surface area contributed by atoms with Gasteiger partial charge in [0.05, 0.1) is 12.0 Å². The van der Waals surface area contributed by atoms with Crippen LogP contribution in [0.25, 0.3) is 0 Å². The summed E-state index contributed by atoms with van der Waals surface area (Å²) in [5.74, 6) is 2.32. The molecule has 2 nitrogen and oxygen atoms in total. The number of hydrogen-bond donors (Lipinski definition) is 0. The number of fused-ring (bicyclic) bond motifs is 5. The lowest BCUT2D eigenvalue weighted by molar-refractivity contribution is -0.161. The Morgan fingerprint density at radius 3 is 3.07 bits per heavy atom. The van der Waals surface area contributed by atoms with E-state index in [1.165, 1.54) is 32.1 Å². The molecule has 3 rings (SSSR count). The summed E-state index contributed by atoms with van der Waals surface area (Å²) in [4.78, 5) is 12.2. The van der Waals surface area contributed by atoms with Crippen LogP contribution in [0, 0.1) is 23.2 Å². The van der Waals surface area contributed by atoms with E-state index in [2.05, 4.69) is 0 Å². The first kappa shape index (κ1) is 9.68. The van der Waals surface area contributed by atoms with E-state index in [-0.39, 0.29) is 11.4 Å². The average molecular weight is 208 g/mol. The highest BCUT2D eigenvalue weighted by molar-refractivity contribution is 5.79. The number of rotatable bonds is 2. The van der Waals surface area contributed by atoms with Crippen molar-refractivity contribution in [1.29, 1.82) is 0 Å². The van der Waals surface area contributed by atoms with Crippen LogP contribution in [0.15, 0.2) is 0 Å². The molecule has 3 saturated carbocycles. The third kappa shape index (κ3) is 1.08. The molecular formula is C13H20O2. The summed E-state index contributed by atoms with van der Waals surface area (Å²) in [6, 6.07) is 0. The fourth-order valence-electron chi connectivity index (χ4n) is 4.76. The topological polar surface area (TPSA) is 26.3 Å². The van der Waals surface area contributed by atoms with Gasteiger partial charge in [-0.25, -0.2) is 0 Å². The van der Waals surface area contributed by atoms with Gasteiger partial charge in [0.15, 0.2) is 0 Å². The maximum atomic E-state index is 12.2. The van der Waals surface area contributed by atoms with Crippen molar-refractivity contribution in [2.75, 3.05) is 6.61 Å². The highest BCUT2D eigenvalue weighted by atomic mass is 16.5. The smallest absolute Gasteiger partial charge is 0.312 e. The van der Waals surface area contributed by atoms with Crippen molar-refractivity contribution in [2.45, 2.75) is 45.4 Å². The van der Waals surface area contributed by atoms with Crippen molar-refractivity contribution in [2.24, 2.45) is 23.2 Å². The molecule has 84 valence electrons. The van der Waals surface area contributed by atoms with Crippen molar-refractivity contribution < 1.29 is 9.53 Å². The largest absolute Gasteiger partial charge is 0.466 e. The Bertz CT molecular complexity index is 286. The first-order chi connectivity index (χ1) is 7.29. The van der Waals surface area contributed by atoms with Crippen molar-refractivity contribution in [1.82, 2.24) is 0 Å². The SMILES string of the molecule is CCOC(=O)[C@]12CCC[C@@H]1[C@@H]1CC[C@@H]2C1. The van der Waals surface area contributed by atoms with E-state index in [0.29, 0.717) is 18.4 Å². The van der Waals surface area contributed by atoms with Crippen LogP contribution < -0.4 is 0 Å². The lowest BCUT2D eigenvalue weighted by Crippen LogP contribution is -2.41. The minimum absolute atomic E-state index is 0.0288. The molecule has 3 aliphatic carbocycles. The Balaban J connectivity index is 1.91. The molecule has 0 aromatic heterocycles. The first-order valence-corrected chi connectivity index (χ1v) is 6.46. The molecule has 3 aliphatic rings.